The van der Waals surface area contributed by atoms with Crippen molar-refractivity contribution in [3.63, 3.8) is 0 Å². The van der Waals surface area contributed by atoms with Gasteiger partial charge in [0.15, 0.2) is 0 Å². The van der Waals surface area contributed by atoms with Crippen LogP contribution in [0.15, 0.2) is 82.4 Å². The second kappa shape index (κ2) is 21.3. The van der Waals surface area contributed by atoms with Gasteiger partial charge in [0.2, 0.25) is 11.8 Å². The fourth-order valence-electron chi connectivity index (χ4n) is 6.08. The standard InChI is InChI=1S/C40H54N8O5S2/c1-26(2)35(45-39(52)47(5)20-31-22-54-24-41-31)37(50)43-30(17-28-13-9-7-10-14-28)19-34(49)33(18-29-15-11-8-12-16-29)44-38(51)36(27(3)4)46-40(53)48(6)21-32-23-55-25-42-32/h7-16,22-27,30,33-36,49H,17-21H2,1-6H3,(H,43,50)(H,44,51)(H,45,52)(H,46,53)/t30-,33-,34-,35-,36-/m0/s1. The Morgan fingerprint density at radius 1 is 0.655 bits per heavy atom. The van der Waals surface area contributed by atoms with Gasteiger partial charge in [-0.3, -0.25) is 9.59 Å². The van der Waals surface area contributed by atoms with Crippen LogP contribution in [0.4, 0.5) is 9.59 Å². The number of carbonyl (C=O) groups excluding carboxylic acids is 4. The molecule has 0 aliphatic rings. The highest BCUT2D eigenvalue weighted by atomic mass is 32.1. The number of nitrogens with one attached hydrogen (secondary N) is 4. The highest BCUT2D eigenvalue weighted by molar-refractivity contribution is 7.07. The van der Waals surface area contributed by atoms with Crippen molar-refractivity contribution < 1.29 is 24.3 Å². The predicted molar refractivity (Wildman–Crippen MR) is 216 cm³/mol. The second-order valence-corrected chi connectivity index (χ2v) is 16.0. The molecule has 0 spiro atoms. The van der Waals surface area contributed by atoms with Crippen molar-refractivity contribution in [1.82, 2.24) is 41.0 Å². The van der Waals surface area contributed by atoms with E-state index < -0.39 is 48.2 Å². The van der Waals surface area contributed by atoms with Gasteiger partial charge in [-0.1, -0.05) is 88.4 Å². The normalized spacial score (nSPS) is 14.0. The van der Waals surface area contributed by atoms with Crippen molar-refractivity contribution in [3.8, 4) is 0 Å². The van der Waals surface area contributed by atoms with Crippen LogP contribution in [-0.4, -0.2) is 93.1 Å². The van der Waals surface area contributed by atoms with E-state index in [1.165, 1.54) is 32.5 Å². The number of aromatic nitrogens is 2. The van der Waals surface area contributed by atoms with Gasteiger partial charge in [0.25, 0.3) is 0 Å². The monoisotopic (exact) mass is 790 g/mol. The Hall–Kier alpha value is -4.86. The Morgan fingerprint density at radius 2 is 1.09 bits per heavy atom. The van der Waals surface area contributed by atoms with Crippen LogP contribution >= 0.6 is 22.7 Å². The molecule has 4 aromatic rings. The first-order chi connectivity index (χ1) is 26.3. The van der Waals surface area contributed by atoms with E-state index in [0.29, 0.717) is 19.4 Å². The summed E-state index contributed by atoms with van der Waals surface area (Å²) in [6.07, 6.45) is -0.312. The van der Waals surface area contributed by atoms with Gasteiger partial charge in [0.1, 0.15) is 12.1 Å². The van der Waals surface area contributed by atoms with Crippen LogP contribution in [-0.2, 0) is 35.5 Å². The Bertz CT molecular complexity index is 1760. The van der Waals surface area contributed by atoms with Gasteiger partial charge in [0, 0.05) is 30.9 Å². The lowest BCUT2D eigenvalue weighted by atomic mass is 9.92. The minimum atomic E-state index is -1.11. The quantitative estimate of drug-likeness (QED) is 0.0906. The van der Waals surface area contributed by atoms with Crippen LogP contribution in [0, 0.1) is 11.8 Å². The molecule has 0 saturated heterocycles. The number of carbonyl (C=O) groups is 4. The number of aliphatic hydroxyl groups is 1. The van der Waals surface area contributed by atoms with Crippen LogP contribution in [0.5, 0.6) is 0 Å². The number of hydrogen-bond donors (Lipinski definition) is 5. The molecule has 0 radical (unpaired) electrons. The Morgan fingerprint density at radius 3 is 1.51 bits per heavy atom. The molecule has 6 amide bonds. The van der Waals surface area contributed by atoms with Crippen molar-refractivity contribution in [2.75, 3.05) is 14.1 Å². The Kier molecular flexibility index (Phi) is 16.6. The molecule has 4 rings (SSSR count). The number of benzene rings is 2. The van der Waals surface area contributed by atoms with Gasteiger partial charge in [-0.25, -0.2) is 19.6 Å². The molecule has 5 atom stereocenters. The molecular formula is C40H54N8O5S2. The van der Waals surface area contributed by atoms with Gasteiger partial charge in [-0.15, -0.1) is 22.7 Å². The summed E-state index contributed by atoms with van der Waals surface area (Å²) >= 11 is 2.88. The smallest absolute Gasteiger partial charge is 0.318 e. The molecule has 0 aliphatic heterocycles. The molecule has 0 unspecified atom stereocenters. The summed E-state index contributed by atoms with van der Waals surface area (Å²) in [5.41, 5.74) is 6.75. The number of nitrogens with zero attached hydrogens (tertiary/aromatic N) is 4. The lowest BCUT2D eigenvalue weighted by Gasteiger charge is -2.32. The molecule has 2 aromatic carbocycles. The van der Waals surface area contributed by atoms with Gasteiger partial charge in [-0.2, -0.15) is 0 Å². The van der Waals surface area contributed by atoms with E-state index in [9.17, 15) is 24.3 Å². The zero-order valence-electron chi connectivity index (χ0n) is 32.3. The number of hydrogen-bond acceptors (Lipinski definition) is 9. The summed E-state index contributed by atoms with van der Waals surface area (Å²) in [5.74, 6) is -1.32. The maximum absolute atomic E-state index is 14.0. The van der Waals surface area contributed by atoms with Gasteiger partial charge in [0.05, 0.1) is 47.6 Å². The highest BCUT2D eigenvalue weighted by Gasteiger charge is 2.33. The minimum absolute atomic E-state index is 0.0932. The lowest BCUT2D eigenvalue weighted by Crippen LogP contribution is -2.58. The first kappa shape index (κ1) is 42.9. The number of aliphatic hydroxyl groups excluding tert-OH is 1. The molecule has 0 bridgehead atoms. The first-order valence-corrected chi connectivity index (χ1v) is 20.3. The number of rotatable bonds is 19. The van der Waals surface area contributed by atoms with Crippen LogP contribution in [0.1, 0.15) is 56.6 Å². The maximum Gasteiger partial charge on any atom is 0.318 e. The fraction of sp³-hybridized carbons (Fsp3) is 0.450. The summed E-state index contributed by atoms with van der Waals surface area (Å²) in [7, 11) is 3.29. The van der Waals surface area contributed by atoms with Gasteiger partial charge < -0.3 is 36.2 Å². The van der Waals surface area contributed by atoms with E-state index in [2.05, 4.69) is 31.2 Å². The van der Waals surface area contributed by atoms with Crippen molar-refractivity contribution >= 4 is 46.6 Å². The molecular weight excluding hydrogens is 737 g/mol. The molecule has 15 heteroatoms. The first-order valence-electron chi connectivity index (χ1n) is 18.4. The molecule has 2 aromatic heterocycles. The summed E-state index contributed by atoms with van der Waals surface area (Å²) < 4.78 is 0. The van der Waals surface area contributed by atoms with Gasteiger partial charge in [-0.05, 0) is 42.2 Å². The summed E-state index contributed by atoms with van der Waals surface area (Å²) in [5, 5.41) is 27.6. The van der Waals surface area contributed by atoms with Crippen molar-refractivity contribution in [2.24, 2.45) is 11.8 Å². The molecule has 5 N–H and O–H groups in total. The largest absolute Gasteiger partial charge is 0.391 e. The van der Waals surface area contributed by atoms with Crippen molar-refractivity contribution in [1.29, 1.82) is 0 Å². The fourth-order valence-corrected chi connectivity index (χ4v) is 7.18. The van der Waals surface area contributed by atoms with Crippen LogP contribution in [0.3, 0.4) is 0 Å². The van der Waals surface area contributed by atoms with E-state index in [0.717, 1.165) is 22.5 Å². The van der Waals surface area contributed by atoms with E-state index in [1.807, 2.05) is 99.1 Å². The topological polar surface area (TPSA) is 169 Å². The molecule has 0 aliphatic carbocycles. The van der Waals surface area contributed by atoms with Crippen molar-refractivity contribution in [3.05, 3.63) is 105 Å². The maximum atomic E-state index is 14.0. The zero-order valence-corrected chi connectivity index (χ0v) is 34.0. The number of thiazole rings is 2. The van der Waals surface area contributed by atoms with E-state index in [-0.39, 0.29) is 30.7 Å². The summed E-state index contributed by atoms with van der Waals surface area (Å²) in [6, 6.07) is 15.2. The summed E-state index contributed by atoms with van der Waals surface area (Å²) in [4.78, 5) is 65.7. The van der Waals surface area contributed by atoms with E-state index in [1.54, 1.807) is 25.1 Å². The van der Waals surface area contributed by atoms with E-state index in [4.69, 9.17) is 0 Å². The molecule has 296 valence electrons. The SMILES string of the molecule is CC(C)[C@H](NC(=O)N(C)Cc1cscn1)C(=O)N[C@@H](Cc1ccccc1)C[C@H](O)[C@H](Cc1ccccc1)NC(=O)[C@@H](NC(=O)N(C)Cc1cscn1)C(C)C. The van der Waals surface area contributed by atoms with E-state index >= 15 is 0 Å². The molecule has 55 heavy (non-hydrogen) atoms. The Labute approximate surface area is 332 Å². The number of urea groups is 2. The minimum Gasteiger partial charge on any atom is -0.391 e. The summed E-state index contributed by atoms with van der Waals surface area (Å²) in [6.45, 7) is 8.00. The average Bonchev–Trinajstić information content (AvgIpc) is 3.87. The molecule has 0 saturated carbocycles. The predicted octanol–water partition coefficient (Wildman–Crippen LogP) is 4.84. The van der Waals surface area contributed by atoms with Gasteiger partial charge >= 0.3 is 12.1 Å². The Balaban J connectivity index is 1.52. The third-order valence-corrected chi connectivity index (χ3v) is 10.5. The average molecular weight is 791 g/mol. The highest BCUT2D eigenvalue weighted by Crippen LogP contribution is 2.17. The third-order valence-electron chi connectivity index (χ3n) is 9.20. The van der Waals surface area contributed by atoms with Crippen molar-refractivity contribution in [2.45, 2.75) is 90.3 Å². The van der Waals surface area contributed by atoms with Crippen LogP contribution in [0.2, 0.25) is 0 Å². The molecule has 0 fully saturated rings. The third kappa shape index (κ3) is 13.7. The van der Waals surface area contributed by atoms with Crippen LogP contribution < -0.4 is 21.3 Å². The second-order valence-electron chi connectivity index (χ2n) is 14.5. The zero-order chi connectivity index (χ0) is 39.9. The molecule has 2 heterocycles. The lowest BCUT2D eigenvalue weighted by molar-refractivity contribution is -0.126. The van der Waals surface area contributed by atoms with Crippen LogP contribution in [0.25, 0.3) is 0 Å². The number of amides is 6. The molecule has 13 nitrogen and oxygen atoms in total.